The molecule has 0 aliphatic carbocycles. The first-order valence-electron chi connectivity index (χ1n) is 17.1. The Balaban J connectivity index is 1.08. The van der Waals surface area contributed by atoms with E-state index >= 15 is 0 Å². The lowest BCUT2D eigenvalue weighted by molar-refractivity contribution is 0.656. The molecule has 0 bridgehead atoms. The number of aromatic nitrogens is 1. The molecule has 10 aromatic rings. The number of benzene rings is 7. The third kappa shape index (κ3) is 4.30. The maximum absolute atomic E-state index is 6.54. The molecule has 240 valence electrons. The first-order valence-corrected chi connectivity index (χ1v) is 17.1. The summed E-state index contributed by atoms with van der Waals surface area (Å²) in [4.78, 5) is 10.1. The van der Waals surface area contributed by atoms with Gasteiger partial charge in [0, 0.05) is 44.1 Å². The van der Waals surface area contributed by atoms with Gasteiger partial charge in [-0.2, -0.15) is 0 Å². The van der Waals surface area contributed by atoms with Crippen LogP contribution < -0.4 is 5.32 Å². The van der Waals surface area contributed by atoms with E-state index < -0.39 is 0 Å². The highest BCUT2D eigenvalue weighted by Gasteiger charge is 2.23. The van der Waals surface area contributed by atoms with E-state index in [2.05, 4.69) is 119 Å². The molecular weight excluding hydrogens is 629 g/mol. The van der Waals surface area contributed by atoms with Crippen LogP contribution in [0.1, 0.15) is 22.9 Å². The fraction of sp³-hybridized carbons (Fsp3) is 0.0222. The number of amidine groups is 2. The van der Waals surface area contributed by atoms with Crippen LogP contribution in [-0.4, -0.2) is 16.2 Å². The summed E-state index contributed by atoms with van der Waals surface area (Å²) >= 11 is 0. The Morgan fingerprint density at radius 2 is 1.16 bits per heavy atom. The number of para-hydroxylation sites is 2. The topological polar surface area (TPSA) is 68.0 Å². The van der Waals surface area contributed by atoms with Gasteiger partial charge in [-0.1, -0.05) is 109 Å². The van der Waals surface area contributed by atoms with Crippen LogP contribution in [0.15, 0.2) is 177 Å². The van der Waals surface area contributed by atoms with Gasteiger partial charge in [-0.15, -0.1) is 0 Å². The lowest BCUT2D eigenvalue weighted by Crippen LogP contribution is -2.33. The van der Waals surface area contributed by atoms with Crippen molar-refractivity contribution < 1.29 is 8.83 Å². The number of aliphatic imine (C=N–C) groups is 2. The molecule has 7 aromatic carbocycles. The molecule has 4 heterocycles. The molecular formula is C45H28N4O2. The molecule has 1 unspecified atom stereocenters. The van der Waals surface area contributed by atoms with Gasteiger partial charge in [0.05, 0.1) is 22.1 Å². The maximum Gasteiger partial charge on any atom is 0.159 e. The van der Waals surface area contributed by atoms with Crippen molar-refractivity contribution in [1.82, 2.24) is 9.88 Å². The van der Waals surface area contributed by atoms with Gasteiger partial charge in [-0.3, -0.25) is 0 Å². The molecule has 1 aliphatic heterocycles. The summed E-state index contributed by atoms with van der Waals surface area (Å²) in [6.45, 7) is 0. The average Bonchev–Trinajstić information content (AvgIpc) is 3.86. The largest absolute Gasteiger partial charge is 0.456 e. The molecule has 1 aliphatic rings. The molecule has 11 rings (SSSR count). The van der Waals surface area contributed by atoms with Crippen LogP contribution in [0.5, 0.6) is 0 Å². The number of fused-ring (bicyclic) bond motifs is 9. The van der Waals surface area contributed by atoms with Crippen LogP contribution in [-0.2, 0) is 0 Å². The fourth-order valence-corrected chi connectivity index (χ4v) is 7.71. The summed E-state index contributed by atoms with van der Waals surface area (Å²) in [7, 11) is 0. The molecule has 0 radical (unpaired) electrons. The van der Waals surface area contributed by atoms with E-state index in [0.717, 1.165) is 83.1 Å². The van der Waals surface area contributed by atoms with Crippen molar-refractivity contribution in [3.8, 4) is 5.69 Å². The first kappa shape index (κ1) is 28.0. The minimum Gasteiger partial charge on any atom is -0.456 e. The lowest BCUT2D eigenvalue weighted by atomic mass is 10.0. The van der Waals surface area contributed by atoms with E-state index in [1.165, 1.54) is 10.8 Å². The van der Waals surface area contributed by atoms with Crippen LogP contribution in [0, 0.1) is 0 Å². The Labute approximate surface area is 291 Å². The molecule has 1 atom stereocenters. The Morgan fingerprint density at radius 1 is 0.490 bits per heavy atom. The second-order valence-electron chi connectivity index (χ2n) is 13.0. The molecule has 0 spiro atoms. The molecule has 6 nitrogen and oxygen atoms in total. The zero-order valence-corrected chi connectivity index (χ0v) is 27.2. The molecule has 0 saturated carbocycles. The number of nitrogens with zero attached hydrogens (tertiary/aromatic N) is 3. The second kappa shape index (κ2) is 10.8. The van der Waals surface area contributed by atoms with Crippen molar-refractivity contribution in [3.05, 3.63) is 174 Å². The van der Waals surface area contributed by atoms with Gasteiger partial charge in [0.25, 0.3) is 0 Å². The van der Waals surface area contributed by atoms with Gasteiger partial charge in [0.15, 0.2) is 5.84 Å². The number of furan rings is 2. The van der Waals surface area contributed by atoms with Crippen molar-refractivity contribution >= 4 is 77.4 Å². The normalized spacial score (nSPS) is 14.9. The van der Waals surface area contributed by atoms with Gasteiger partial charge in [-0.25, -0.2) is 9.98 Å². The summed E-state index contributed by atoms with van der Waals surface area (Å²) in [6.07, 6.45) is -0.274. The Morgan fingerprint density at radius 3 is 1.94 bits per heavy atom. The Hall–Kier alpha value is -6.92. The summed E-state index contributed by atoms with van der Waals surface area (Å²) in [5.74, 6) is 1.44. The van der Waals surface area contributed by atoms with Gasteiger partial charge >= 0.3 is 0 Å². The minimum absolute atomic E-state index is 0.274. The van der Waals surface area contributed by atoms with Crippen molar-refractivity contribution in [3.63, 3.8) is 0 Å². The summed E-state index contributed by atoms with van der Waals surface area (Å²) in [6, 6.07) is 54.4. The smallest absolute Gasteiger partial charge is 0.159 e. The second-order valence-corrected chi connectivity index (χ2v) is 13.0. The van der Waals surface area contributed by atoms with Gasteiger partial charge < -0.3 is 18.7 Å². The monoisotopic (exact) mass is 656 g/mol. The quantitative estimate of drug-likeness (QED) is 0.205. The predicted octanol–water partition coefficient (Wildman–Crippen LogP) is 11.1. The molecule has 51 heavy (non-hydrogen) atoms. The number of hydrogen-bond acceptors (Lipinski definition) is 5. The highest BCUT2D eigenvalue weighted by atomic mass is 16.3. The van der Waals surface area contributed by atoms with Gasteiger partial charge in [0.1, 0.15) is 34.3 Å². The van der Waals surface area contributed by atoms with E-state index in [9.17, 15) is 0 Å². The number of rotatable bonds is 4. The van der Waals surface area contributed by atoms with Crippen LogP contribution in [0.25, 0.3) is 71.4 Å². The van der Waals surface area contributed by atoms with Crippen LogP contribution in [0.3, 0.4) is 0 Å². The highest BCUT2D eigenvalue weighted by Crippen LogP contribution is 2.41. The van der Waals surface area contributed by atoms with E-state index in [1.54, 1.807) is 0 Å². The van der Waals surface area contributed by atoms with Crippen molar-refractivity contribution in [2.24, 2.45) is 9.98 Å². The number of hydrogen-bond donors (Lipinski definition) is 1. The fourth-order valence-electron chi connectivity index (χ4n) is 7.71. The summed E-state index contributed by atoms with van der Waals surface area (Å²) in [5, 5.41) is 10.2. The van der Waals surface area contributed by atoms with E-state index in [1.807, 2.05) is 48.5 Å². The van der Waals surface area contributed by atoms with E-state index in [4.69, 9.17) is 18.8 Å². The predicted molar refractivity (Wildman–Crippen MR) is 207 cm³/mol. The molecule has 6 heteroatoms. The Kier molecular flexibility index (Phi) is 5.92. The van der Waals surface area contributed by atoms with Crippen molar-refractivity contribution in [2.45, 2.75) is 6.17 Å². The molecule has 0 amide bonds. The van der Waals surface area contributed by atoms with Gasteiger partial charge in [0.2, 0.25) is 0 Å². The first-order chi connectivity index (χ1) is 25.3. The van der Waals surface area contributed by atoms with Gasteiger partial charge in [-0.05, 0) is 48.0 Å². The van der Waals surface area contributed by atoms with Crippen molar-refractivity contribution in [1.29, 1.82) is 0 Å². The van der Waals surface area contributed by atoms with Crippen molar-refractivity contribution in [2.75, 3.05) is 0 Å². The molecule has 1 N–H and O–H groups in total. The molecule has 0 fully saturated rings. The molecule has 3 aromatic heterocycles. The Bertz CT molecular complexity index is 3000. The summed E-state index contributed by atoms with van der Waals surface area (Å²) in [5.41, 5.74) is 9.55. The van der Waals surface area contributed by atoms with Crippen LogP contribution in [0.2, 0.25) is 0 Å². The van der Waals surface area contributed by atoms with Crippen LogP contribution in [0.4, 0.5) is 0 Å². The van der Waals surface area contributed by atoms with E-state index in [-0.39, 0.29) is 6.17 Å². The number of nitrogens with one attached hydrogen (secondary N) is 1. The van der Waals surface area contributed by atoms with Crippen LogP contribution >= 0.6 is 0 Å². The molecule has 0 saturated heterocycles. The SMILES string of the molecule is c1ccc(C2=NC(c3ccc4c(c3)oc3cc5oc6cccc(-n7c8ccccc8c8ccccc87)c6c5cc34)=NC(c3ccccc3)N2)cc1. The standard InChI is InChI=1S/C45H28N4O2/c1-3-12-27(13-4-1)43-46-44(28-14-5-2-6-15-28)48-45(47-43)29-22-23-32-33-25-34-41(26-40(33)51-39(32)24-29)50-38-21-11-20-37(42(34)38)49-35-18-9-7-16-30(35)31-17-8-10-19-36(31)49/h1-26,43H,(H,46,47,48). The third-order valence-corrected chi connectivity index (χ3v) is 10.1. The summed E-state index contributed by atoms with van der Waals surface area (Å²) < 4.78 is 15.4. The third-order valence-electron chi connectivity index (χ3n) is 10.1. The highest BCUT2D eigenvalue weighted by molar-refractivity contribution is 6.20. The average molecular weight is 657 g/mol. The lowest BCUT2D eigenvalue weighted by Gasteiger charge is -2.23. The van der Waals surface area contributed by atoms with E-state index in [0.29, 0.717) is 5.84 Å². The minimum atomic E-state index is -0.274. The zero-order chi connectivity index (χ0) is 33.5. The zero-order valence-electron chi connectivity index (χ0n) is 27.2. The maximum atomic E-state index is 6.54.